The first-order valence-electron chi connectivity index (χ1n) is 7.51. The standard InChI is InChI=1S/C18H17ClN2O4/c19-15-7-6-13(8-14(15)9-20)17(23)16(22)10-21-18(24)25-11-12-4-2-1-3-5-12/h1-8,16-17,22-23H,10-11H2,(H,21,24). The number of nitrogens with one attached hydrogen (secondary N) is 1. The number of rotatable bonds is 6. The van der Waals surface area contributed by atoms with Crippen LogP contribution in [0.3, 0.4) is 0 Å². The van der Waals surface area contributed by atoms with Crippen LogP contribution in [0.25, 0.3) is 0 Å². The number of aliphatic hydroxyl groups excluding tert-OH is 2. The van der Waals surface area contributed by atoms with Crippen molar-refractivity contribution in [3.8, 4) is 6.07 Å². The number of carbonyl (C=O) groups is 1. The molecule has 7 heteroatoms. The smallest absolute Gasteiger partial charge is 0.407 e. The number of benzene rings is 2. The first-order valence-corrected chi connectivity index (χ1v) is 7.89. The second-order valence-electron chi connectivity index (χ2n) is 5.31. The summed E-state index contributed by atoms with van der Waals surface area (Å²) in [4.78, 5) is 11.6. The van der Waals surface area contributed by atoms with Gasteiger partial charge in [0.05, 0.1) is 10.6 Å². The second kappa shape index (κ2) is 9.04. The largest absolute Gasteiger partial charge is 0.445 e. The highest BCUT2D eigenvalue weighted by Gasteiger charge is 2.20. The SMILES string of the molecule is N#Cc1cc(C(O)C(O)CNC(=O)OCc2ccccc2)ccc1Cl. The van der Waals surface area contributed by atoms with E-state index in [0.717, 1.165) is 5.56 Å². The fourth-order valence-electron chi connectivity index (χ4n) is 2.11. The van der Waals surface area contributed by atoms with E-state index in [1.807, 2.05) is 36.4 Å². The van der Waals surface area contributed by atoms with Gasteiger partial charge in [0.25, 0.3) is 0 Å². The van der Waals surface area contributed by atoms with Crippen molar-refractivity contribution in [3.63, 3.8) is 0 Å². The van der Waals surface area contributed by atoms with Gasteiger partial charge >= 0.3 is 6.09 Å². The lowest BCUT2D eigenvalue weighted by Crippen LogP contribution is -2.35. The number of halogens is 1. The topological polar surface area (TPSA) is 103 Å². The summed E-state index contributed by atoms with van der Waals surface area (Å²) in [5.74, 6) is 0. The third-order valence-corrected chi connectivity index (χ3v) is 3.81. The summed E-state index contributed by atoms with van der Waals surface area (Å²) >= 11 is 5.83. The minimum Gasteiger partial charge on any atom is -0.445 e. The predicted molar refractivity (Wildman–Crippen MR) is 91.8 cm³/mol. The van der Waals surface area contributed by atoms with Crippen LogP contribution in [0.15, 0.2) is 48.5 Å². The fourth-order valence-corrected chi connectivity index (χ4v) is 2.27. The summed E-state index contributed by atoms with van der Waals surface area (Å²) < 4.78 is 5.01. The number of amides is 1. The molecule has 0 aliphatic rings. The van der Waals surface area contributed by atoms with Crippen LogP contribution in [0.2, 0.25) is 5.02 Å². The molecule has 0 heterocycles. The maximum atomic E-state index is 11.6. The lowest BCUT2D eigenvalue weighted by atomic mass is 10.0. The Kier molecular flexibility index (Phi) is 6.78. The Balaban J connectivity index is 1.83. The van der Waals surface area contributed by atoms with Crippen LogP contribution >= 0.6 is 11.6 Å². The van der Waals surface area contributed by atoms with Crippen molar-refractivity contribution in [1.29, 1.82) is 5.26 Å². The maximum absolute atomic E-state index is 11.6. The first-order chi connectivity index (χ1) is 12.0. The lowest BCUT2D eigenvalue weighted by Gasteiger charge is -2.19. The Morgan fingerprint density at radius 3 is 2.64 bits per heavy atom. The summed E-state index contributed by atoms with van der Waals surface area (Å²) in [5.41, 5.74) is 1.36. The van der Waals surface area contributed by atoms with Crippen molar-refractivity contribution in [2.24, 2.45) is 0 Å². The number of ether oxygens (including phenoxy) is 1. The molecule has 2 atom stereocenters. The highest BCUT2D eigenvalue weighted by Crippen LogP contribution is 2.22. The monoisotopic (exact) mass is 360 g/mol. The van der Waals surface area contributed by atoms with E-state index in [9.17, 15) is 15.0 Å². The third-order valence-electron chi connectivity index (χ3n) is 3.49. The molecule has 0 fully saturated rings. The Morgan fingerprint density at radius 1 is 1.24 bits per heavy atom. The zero-order valence-corrected chi connectivity index (χ0v) is 14.0. The van der Waals surface area contributed by atoms with Gasteiger partial charge in [0, 0.05) is 6.54 Å². The van der Waals surface area contributed by atoms with Gasteiger partial charge in [-0.05, 0) is 23.3 Å². The molecule has 2 aromatic carbocycles. The van der Waals surface area contributed by atoms with Crippen molar-refractivity contribution in [3.05, 3.63) is 70.2 Å². The minimum absolute atomic E-state index is 0.105. The van der Waals surface area contributed by atoms with Crippen LogP contribution in [0.5, 0.6) is 0 Å². The van der Waals surface area contributed by atoms with Crippen molar-refractivity contribution in [2.75, 3.05) is 6.54 Å². The summed E-state index contributed by atoms with van der Waals surface area (Å²) in [5, 5.41) is 31.7. The number of aliphatic hydroxyl groups is 2. The molecular weight excluding hydrogens is 344 g/mol. The first kappa shape index (κ1) is 18.7. The van der Waals surface area contributed by atoms with Crippen LogP contribution in [-0.2, 0) is 11.3 Å². The van der Waals surface area contributed by atoms with E-state index < -0.39 is 18.3 Å². The minimum atomic E-state index is -1.28. The van der Waals surface area contributed by atoms with Crippen molar-refractivity contribution < 1.29 is 19.7 Å². The van der Waals surface area contributed by atoms with Gasteiger partial charge in [0.2, 0.25) is 0 Å². The van der Waals surface area contributed by atoms with E-state index >= 15 is 0 Å². The van der Waals surface area contributed by atoms with Crippen molar-refractivity contribution >= 4 is 17.7 Å². The Morgan fingerprint density at radius 2 is 1.96 bits per heavy atom. The third kappa shape index (κ3) is 5.47. The Labute approximate surface area is 150 Å². The van der Waals surface area contributed by atoms with Gasteiger partial charge in [-0.25, -0.2) is 4.79 Å². The van der Waals surface area contributed by atoms with Crippen molar-refractivity contribution in [1.82, 2.24) is 5.32 Å². The van der Waals surface area contributed by atoms with Gasteiger partial charge in [-0.3, -0.25) is 0 Å². The molecule has 0 spiro atoms. The molecule has 0 saturated heterocycles. The molecule has 0 bridgehead atoms. The molecule has 0 radical (unpaired) electrons. The van der Waals surface area contributed by atoms with E-state index in [0.29, 0.717) is 5.56 Å². The average molecular weight is 361 g/mol. The molecule has 0 aliphatic carbocycles. The zero-order chi connectivity index (χ0) is 18.2. The van der Waals surface area contributed by atoms with Gasteiger partial charge < -0.3 is 20.3 Å². The molecule has 2 unspecified atom stereocenters. The molecule has 0 saturated carbocycles. The average Bonchev–Trinajstić information content (AvgIpc) is 2.65. The van der Waals surface area contributed by atoms with E-state index in [1.165, 1.54) is 18.2 Å². The fraction of sp³-hybridized carbons (Fsp3) is 0.222. The summed E-state index contributed by atoms with van der Waals surface area (Å²) in [6, 6.07) is 15.4. The van der Waals surface area contributed by atoms with E-state index in [4.69, 9.17) is 21.6 Å². The number of nitrogens with zero attached hydrogens (tertiary/aromatic N) is 1. The molecular formula is C18H17ClN2O4. The number of nitriles is 1. The molecule has 130 valence electrons. The van der Waals surface area contributed by atoms with E-state index in [1.54, 1.807) is 0 Å². The Bertz CT molecular complexity index is 761. The number of hydrogen-bond acceptors (Lipinski definition) is 5. The second-order valence-corrected chi connectivity index (χ2v) is 5.71. The van der Waals surface area contributed by atoms with E-state index in [-0.39, 0.29) is 23.7 Å². The van der Waals surface area contributed by atoms with Crippen LogP contribution < -0.4 is 5.32 Å². The van der Waals surface area contributed by atoms with Crippen LogP contribution in [-0.4, -0.2) is 29.0 Å². The van der Waals surface area contributed by atoms with Crippen molar-refractivity contribution in [2.45, 2.75) is 18.8 Å². The lowest BCUT2D eigenvalue weighted by molar-refractivity contribution is 0.0184. The molecule has 25 heavy (non-hydrogen) atoms. The molecule has 3 N–H and O–H groups in total. The maximum Gasteiger partial charge on any atom is 0.407 e. The van der Waals surface area contributed by atoms with Gasteiger partial charge in [0.15, 0.2) is 0 Å². The number of alkyl carbamates (subject to hydrolysis) is 1. The highest BCUT2D eigenvalue weighted by atomic mass is 35.5. The molecule has 6 nitrogen and oxygen atoms in total. The van der Waals surface area contributed by atoms with Gasteiger partial charge in [0.1, 0.15) is 24.9 Å². The quantitative estimate of drug-likeness (QED) is 0.734. The molecule has 0 aromatic heterocycles. The van der Waals surface area contributed by atoms with E-state index in [2.05, 4.69) is 5.32 Å². The normalized spacial score (nSPS) is 12.7. The molecule has 1 amide bonds. The number of hydrogen-bond donors (Lipinski definition) is 3. The highest BCUT2D eigenvalue weighted by molar-refractivity contribution is 6.31. The van der Waals surface area contributed by atoms with Gasteiger partial charge in [-0.1, -0.05) is 48.0 Å². The summed E-state index contributed by atoms with van der Waals surface area (Å²) in [6.07, 6.45) is -3.25. The predicted octanol–water partition coefficient (Wildman–Crippen LogP) is 2.53. The molecule has 2 rings (SSSR count). The molecule has 2 aromatic rings. The summed E-state index contributed by atoms with van der Waals surface area (Å²) in [7, 11) is 0. The van der Waals surface area contributed by atoms with Gasteiger partial charge in [-0.15, -0.1) is 0 Å². The number of carbonyl (C=O) groups excluding carboxylic acids is 1. The molecule has 0 aliphatic heterocycles. The van der Waals surface area contributed by atoms with Crippen LogP contribution in [0, 0.1) is 11.3 Å². The zero-order valence-electron chi connectivity index (χ0n) is 13.2. The van der Waals surface area contributed by atoms with Crippen LogP contribution in [0.4, 0.5) is 4.79 Å². The Hall–Kier alpha value is -2.59. The van der Waals surface area contributed by atoms with Crippen LogP contribution in [0.1, 0.15) is 22.8 Å². The van der Waals surface area contributed by atoms with Gasteiger partial charge in [-0.2, -0.15) is 5.26 Å². The summed E-state index contributed by atoms with van der Waals surface area (Å²) in [6.45, 7) is -0.104.